The van der Waals surface area contributed by atoms with Gasteiger partial charge in [0.2, 0.25) is 0 Å². The highest BCUT2D eigenvalue weighted by Gasteiger charge is 2.84. The molecule has 0 heterocycles. The van der Waals surface area contributed by atoms with E-state index in [4.69, 9.17) is 5.73 Å². The Morgan fingerprint density at radius 1 is 1.18 bits per heavy atom. The molecule has 0 spiro atoms. The summed E-state index contributed by atoms with van der Waals surface area (Å²) in [7, 11) is 0. The van der Waals surface area contributed by atoms with Crippen LogP contribution in [0.15, 0.2) is 29.3 Å². The molecule has 8 heteroatoms. The Morgan fingerprint density at radius 3 is 2.71 bits per heavy atom. The molecule has 5 aliphatic carbocycles. The number of rotatable bonds is 4. The molecule has 2 bridgehead atoms. The van der Waals surface area contributed by atoms with Crippen molar-refractivity contribution >= 4 is 11.6 Å². The highest BCUT2D eigenvalue weighted by Crippen LogP contribution is 2.85. The van der Waals surface area contributed by atoms with E-state index in [1.807, 2.05) is 0 Å². The normalized spacial score (nSPS) is 46.9. The maximum atomic E-state index is 12.4. The van der Waals surface area contributed by atoms with E-state index in [0.29, 0.717) is 41.2 Å². The third-order valence-electron chi connectivity index (χ3n) is 8.36. The van der Waals surface area contributed by atoms with Gasteiger partial charge in [0.25, 0.3) is 0 Å². The molecule has 4 N–H and O–H groups in total. The maximum Gasteiger partial charge on any atom is 0.573 e. The van der Waals surface area contributed by atoms with Crippen molar-refractivity contribution in [3.05, 3.63) is 24.3 Å². The monoisotopic (exact) mass is 393 g/mol. The maximum absolute atomic E-state index is 12.4. The van der Waals surface area contributed by atoms with E-state index in [9.17, 15) is 18.3 Å². The van der Waals surface area contributed by atoms with Crippen molar-refractivity contribution in [3.8, 4) is 5.75 Å². The molecular formula is C20H22F3N3O2. The van der Waals surface area contributed by atoms with Gasteiger partial charge in [0.1, 0.15) is 5.75 Å². The highest BCUT2D eigenvalue weighted by molar-refractivity contribution is 5.92. The summed E-state index contributed by atoms with van der Waals surface area (Å²) >= 11 is 0. The van der Waals surface area contributed by atoms with Crippen LogP contribution in [0.1, 0.15) is 12.8 Å². The average molecular weight is 393 g/mol. The van der Waals surface area contributed by atoms with Gasteiger partial charge in [-0.05, 0) is 72.3 Å². The first-order valence-electron chi connectivity index (χ1n) is 9.91. The van der Waals surface area contributed by atoms with Crippen LogP contribution in [0.2, 0.25) is 0 Å². The van der Waals surface area contributed by atoms with Crippen LogP contribution in [0.5, 0.6) is 5.75 Å². The number of halogens is 3. The Balaban J connectivity index is 1.17. The quantitative estimate of drug-likeness (QED) is 0.543. The summed E-state index contributed by atoms with van der Waals surface area (Å²) in [5.41, 5.74) is 5.56. The fourth-order valence-corrected chi connectivity index (χ4v) is 8.11. The third kappa shape index (κ3) is 2.04. The van der Waals surface area contributed by atoms with Crippen LogP contribution in [0.4, 0.5) is 18.9 Å². The van der Waals surface area contributed by atoms with Crippen molar-refractivity contribution in [3.63, 3.8) is 0 Å². The van der Waals surface area contributed by atoms with Crippen LogP contribution in [0, 0.1) is 47.3 Å². The molecular weight excluding hydrogens is 371 g/mol. The van der Waals surface area contributed by atoms with Gasteiger partial charge >= 0.3 is 6.36 Å². The lowest BCUT2D eigenvalue weighted by atomic mass is 9.56. The SMILES string of the molecule is NC(=NCC1(O)C2C3CC4C5C3CC2C5C41)Nc1cccc(OC(F)(F)F)c1. The molecule has 5 aliphatic rings. The molecule has 28 heavy (non-hydrogen) atoms. The molecule has 5 saturated carbocycles. The number of ether oxygens (including phenoxy) is 1. The van der Waals surface area contributed by atoms with E-state index >= 15 is 0 Å². The summed E-state index contributed by atoms with van der Waals surface area (Å²) in [6, 6.07) is 5.47. The van der Waals surface area contributed by atoms with Gasteiger partial charge in [0.15, 0.2) is 5.96 Å². The van der Waals surface area contributed by atoms with Gasteiger partial charge in [-0.15, -0.1) is 13.2 Å². The lowest BCUT2D eigenvalue weighted by Crippen LogP contribution is -2.56. The zero-order valence-electron chi connectivity index (χ0n) is 15.1. The summed E-state index contributed by atoms with van der Waals surface area (Å²) in [4.78, 5) is 4.39. The zero-order chi connectivity index (χ0) is 19.4. The van der Waals surface area contributed by atoms with Crippen molar-refractivity contribution < 1.29 is 23.0 Å². The molecule has 5 nitrogen and oxygen atoms in total. The summed E-state index contributed by atoms with van der Waals surface area (Å²) < 4.78 is 41.0. The summed E-state index contributed by atoms with van der Waals surface area (Å²) in [5.74, 6) is 4.81. The van der Waals surface area contributed by atoms with Crippen LogP contribution >= 0.6 is 0 Å². The largest absolute Gasteiger partial charge is 0.573 e. The number of aliphatic imine (C=N–C) groups is 1. The summed E-state index contributed by atoms with van der Waals surface area (Å²) in [5, 5.41) is 14.3. The van der Waals surface area contributed by atoms with Gasteiger partial charge in [0, 0.05) is 11.8 Å². The first-order chi connectivity index (χ1) is 13.3. The van der Waals surface area contributed by atoms with Crippen LogP contribution < -0.4 is 15.8 Å². The summed E-state index contributed by atoms with van der Waals surface area (Å²) in [6.07, 6.45) is -2.18. The van der Waals surface area contributed by atoms with Crippen LogP contribution in [0.25, 0.3) is 0 Å². The predicted octanol–water partition coefficient (Wildman–Crippen LogP) is 2.82. The number of fused-ring (bicyclic) bond motifs is 2. The Morgan fingerprint density at radius 2 is 1.93 bits per heavy atom. The van der Waals surface area contributed by atoms with E-state index in [0.717, 1.165) is 11.8 Å². The topological polar surface area (TPSA) is 79.9 Å². The average Bonchev–Trinajstić information content (AvgIpc) is 3.11. The molecule has 5 fully saturated rings. The number of hydrogen-bond donors (Lipinski definition) is 3. The van der Waals surface area contributed by atoms with E-state index in [1.165, 1.54) is 31.0 Å². The molecule has 150 valence electrons. The fraction of sp³-hybridized carbons (Fsp3) is 0.650. The summed E-state index contributed by atoms with van der Waals surface area (Å²) in [6.45, 7) is 0.263. The lowest BCUT2D eigenvalue weighted by molar-refractivity contribution is -0.274. The second kappa shape index (κ2) is 5.14. The molecule has 0 radical (unpaired) electrons. The number of anilines is 1. The van der Waals surface area contributed by atoms with Gasteiger partial charge in [-0.25, -0.2) is 0 Å². The van der Waals surface area contributed by atoms with Gasteiger partial charge in [0.05, 0.1) is 12.1 Å². The van der Waals surface area contributed by atoms with Gasteiger partial charge in [-0.1, -0.05) is 6.07 Å². The number of alkyl halides is 3. The van der Waals surface area contributed by atoms with Crippen molar-refractivity contribution in [1.29, 1.82) is 0 Å². The standard InChI is InChI=1S/C20H22F3N3O2/c21-20(22,23)28-9-3-1-2-8(4-9)26-18(24)25-7-19(27)16-11-6-12-14-10(11)5-13(16)15(14)17(12)19/h1-4,10-17,27H,5-7H2,(H3,24,25,26). The van der Waals surface area contributed by atoms with E-state index in [2.05, 4.69) is 15.0 Å². The number of guanidine groups is 1. The predicted molar refractivity (Wildman–Crippen MR) is 95.3 cm³/mol. The number of nitrogens with zero attached hydrogens (tertiary/aromatic N) is 1. The molecule has 9 unspecified atom stereocenters. The minimum atomic E-state index is -4.75. The molecule has 1 aromatic carbocycles. The van der Waals surface area contributed by atoms with Crippen LogP contribution in [-0.2, 0) is 0 Å². The van der Waals surface area contributed by atoms with E-state index in [1.54, 1.807) is 6.07 Å². The van der Waals surface area contributed by atoms with Gasteiger partial charge in [-0.2, -0.15) is 0 Å². The van der Waals surface area contributed by atoms with E-state index < -0.39 is 12.0 Å². The molecule has 0 saturated heterocycles. The van der Waals surface area contributed by atoms with Crippen LogP contribution in [-0.4, -0.2) is 29.6 Å². The first-order valence-corrected chi connectivity index (χ1v) is 9.91. The molecule has 6 rings (SSSR count). The minimum absolute atomic E-state index is 0.0934. The lowest BCUT2D eigenvalue weighted by Gasteiger charge is -2.51. The van der Waals surface area contributed by atoms with Gasteiger partial charge in [-0.3, -0.25) is 4.99 Å². The molecule has 0 amide bonds. The molecule has 1 aromatic rings. The minimum Gasteiger partial charge on any atom is -0.406 e. The number of aliphatic hydroxyl groups is 1. The number of nitrogens with two attached hydrogens (primary N) is 1. The van der Waals surface area contributed by atoms with Crippen LogP contribution in [0.3, 0.4) is 0 Å². The zero-order valence-corrected chi connectivity index (χ0v) is 15.1. The second-order valence-corrected chi connectivity index (χ2v) is 9.23. The van der Waals surface area contributed by atoms with E-state index in [-0.39, 0.29) is 18.3 Å². The fourth-order valence-electron chi connectivity index (χ4n) is 8.11. The molecule has 0 aliphatic heterocycles. The molecule has 0 aromatic heterocycles. The van der Waals surface area contributed by atoms with Crippen molar-refractivity contribution in [2.24, 2.45) is 58.1 Å². The highest BCUT2D eigenvalue weighted by atomic mass is 19.4. The van der Waals surface area contributed by atoms with Gasteiger partial charge < -0.3 is 20.9 Å². The Kier molecular flexibility index (Phi) is 3.11. The third-order valence-corrected chi connectivity index (χ3v) is 8.36. The number of benzene rings is 1. The van der Waals surface area contributed by atoms with Crippen molar-refractivity contribution in [1.82, 2.24) is 0 Å². The smallest absolute Gasteiger partial charge is 0.406 e. The van der Waals surface area contributed by atoms with Crippen molar-refractivity contribution in [2.75, 3.05) is 11.9 Å². The Bertz CT molecular complexity index is 868. The van der Waals surface area contributed by atoms with Crippen molar-refractivity contribution in [2.45, 2.75) is 24.8 Å². The second-order valence-electron chi connectivity index (χ2n) is 9.23. The Hall–Kier alpha value is -1.96. The molecule has 9 atom stereocenters. The number of hydrogen-bond acceptors (Lipinski definition) is 3. The number of nitrogens with one attached hydrogen (secondary N) is 1. The first kappa shape index (κ1) is 16.9. The Labute approximate surface area is 160 Å².